The molecule has 1 aromatic carbocycles. The van der Waals surface area contributed by atoms with Crippen LogP contribution in [-0.4, -0.2) is 50.7 Å². The molecule has 2 rings (SSSR count). The Morgan fingerprint density at radius 2 is 2.29 bits per heavy atom. The molecular weight excluding hydrogens is 294 g/mol. The van der Waals surface area contributed by atoms with Crippen LogP contribution in [0.4, 0.5) is 5.69 Å². The number of nitrogens with zero attached hydrogens (tertiary/aromatic N) is 4. The molecule has 0 bridgehead atoms. The van der Waals surface area contributed by atoms with Gasteiger partial charge in [-0.05, 0) is 22.6 Å². The van der Waals surface area contributed by atoms with Gasteiger partial charge < -0.3 is 15.2 Å². The van der Waals surface area contributed by atoms with Gasteiger partial charge in [0.25, 0.3) is 0 Å². The molecule has 2 aromatic rings. The number of para-hydroxylation sites is 2. The SMILES string of the molecule is COc1ccccc1NC(=O)CSc1nnnn1CCO. The average molecular weight is 309 g/mol. The van der Waals surface area contributed by atoms with E-state index in [1.54, 1.807) is 19.2 Å². The van der Waals surface area contributed by atoms with E-state index in [4.69, 9.17) is 9.84 Å². The number of aromatic nitrogens is 4. The Bertz CT molecular complexity index is 604. The number of anilines is 1. The number of hydrogen-bond donors (Lipinski definition) is 2. The van der Waals surface area contributed by atoms with Crippen LogP contribution in [-0.2, 0) is 11.3 Å². The highest BCUT2D eigenvalue weighted by atomic mass is 32.2. The lowest BCUT2D eigenvalue weighted by atomic mass is 10.3. The number of rotatable bonds is 7. The van der Waals surface area contributed by atoms with Crippen molar-refractivity contribution in [1.29, 1.82) is 0 Å². The predicted molar refractivity (Wildman–Crippen MR) is 77.3 cm³/mol. The molecule has 0 unspecified atom stereocenters. The minimum atomic E-state index is -0.192. The van der Waals surface area contributed by atoms with Gasteiger partial charge in [0, 0.05) is 0 Å². The van der Waals surface area contributed by atoms with Gasteiger partial charge in [0.05, 0.1) is 31.7 Å². The van der Waals surface area contributed by atoms with Crippen LogP contribution in [0.5, 0.6) is 5.75 Å². The Morgan fingerprint density at radius 1 is 1.48 bits per heavy atom. The van der Waals surface area contributed by atoms with Crippen molar-refractivity contribution >= 4 is 23.4 Å². The monoisotopic (exact) mass is 309 g/mol. The molecule has 0 saturated carbocycles. The number of hydrogen-bond acceptors (Lipinski definition) is 7. The van der Waals surface area contributed by atoms with Crippen molar-refractivity contribution < 1.29 is 14.6 Å². The summed E-state index contributed by atoms with van der Waals surface area (Å²) in [6.07, 6.45) is 0. The molecule has 8 nitrogen and oxygen atoms in total. The maximum atomic E-state index is 11.9. The van der Waals surface area contributed by atoms with Crippen molar-refractivity contribution in [3.8, 4) is 5.75 Å². The van der Waals surface area contributed by atoms with Gasteiger partial charge in [-0.2, -0.15) is 0 Å². The summed E-state index contributed by atoms with van der Waals surface area (Å²) in [5, 5.41) is 23.1. The first-order chi connectivity index (χ1) is 10.2. The molecule has 0 spiro atoms. The van der Waals surface area contributed by atoms with Gasteiger partial charge in [0.2, 0.25) is 11.1 Å². The molecule has 9 heteroatoms. The number of carbonyl (C=O) groups is 1. The molecule has 0 radical (unpaired) electrons. The highest BCUT2D eigenvalue weighted by Crippen LogP contribution is 2.23. The molecule has 0 aliphatic heterocycles. The van der Waals surface area contributed by atoms with Crippen LogP contribution in [0.3, 0.4) is 0 Å². The fourth-order valence-corrected chi connectivity index (χ4v) is 2.30. The molecule has 112 valence electrons. The molecule has 0 aliphatic rings. The number of nitrogens with one attached hydrogen (secondary N) is 1. The van der Waals surface area contributed by atoms with E-state index in [1.807, 2.05) is 12.1 Å². The molecular formula is C12H15N5O3S. The molecule has 0 aliphatic carbocycles. The number of aliphatic hydroxyl groups is 1. The van der Waals surface area contributed by atoms with E-state index in [0.29, 0.717) is 23.1 Å². The third-order valence-electron chi connectivity index (χ3n) is 2.52. The van der Waals surface area contributed by atoms with Gasteiger partial charge in [-0.1, -0.05) is 23.9 Å². The van der Waals surface area contributed by atoms with Crippen LogP contribution in [0.15, 0.2) is 29.4 Å². The van der Waals surface area contributed by atoms with Crippen LogP contribution in [0, 0.1) is 0 Å². The van der Waals surface area contributed by atoms with E-state index < -0.39 is 0 Å². The highest BCUT2D eigenvalue weighted by molar-refractivity contribution is 7.99. The number of tetrazole rings is 1. The summed E-state index contributed by atoms with van der Waals surface area (Å²) < 4.78 is 6.61. The Morgan fingerprint density at radius 3 is 3.05 bits per heavy atom. The van der Waals surface area contributed by atoms with Gasteiger partial charge in [-0.3, -0.25) is 4.79 Å². The van der Waals surface area contributed by atoms with Gasteiger partial charge in [-0.25, -0.2) is 4.68 Å². The number of thioether (sulfide) groups is 1. The maximum Gasteiger partial charge on any atom is 0.234 e. The zero-order valence-electron chi connectivity index (χ0n) is 11.4. The first-order valence-electron chi connectivity index (χ1n) is 6.17. The van der Waals surface area contributed by atoms with E-state index in [9.17, 15) is 4.79 Å². The van der Waals surface area contributed by atoms with Crippen LogP contribution >= 0.6 is 11.8 Å². The first kappa shape index (κ1) is 15.3. The number of carbonyl (C=O) groups excluding carboxylic acids is 1. The zero-order valence-corrected chi connectivity index (χ0v) is 12.2. The van der Waals surface area contributed by atoms with E-state index in [1.165, 1.54) is 16.4 Å². The van der Waals surface area contributed by atoms with Crippen LogP contribution in [0.25, 0.3) is 0 Å². The number of methoxy groups -OCH3 is 1. The summed E-state index contributed by atoms with van der Waals surface area (Å²) in [6.45, 7) is 0.232. The van der Waals surface area contributed by atoms with Gasteiger partial charge in [0.1, 0.15) is 5.75 Å². The average Bonchev–Trinajstić information content (AvgIpc) is 2.93. The third kappa shape index (κ3) is 4.17. The van der Waals surface area contributed by atoms with Crippen LogP contribution in [0.1, 0.15) is 0 Å². The minimum absolute atomic E-state index is 0.0635. The Kier molecular flexibility index (Phi) is 5.52. The predicted octanol–water partition coefficient (Wildman–Crippen LogP) is 0.405. The molecule has 2 N–H and O–H groups in total. The quantitative estimate of drug-likeness (QED) is 0.714. The van der Waals surface area contributed by atoms with Gasteiger partial charge in [-0.15, -0.1) is 5.10 Å². The van der Waals surface area contributed by atoms with Gasteiger partial charge in [0.15, 0.2) is 0 Å². The summed E-state index contributed by atoms with van der Waals surface area (Å²) in [5.41, 5.74) is 0.612. The Hall–Kier alpha value is -2.13. The summed E-state index contributed by atoms with van der Waals surface area (Å²) in [6, 6.07) is 7.17. The van der Waals surface area contributed by atoms with Crippen molar-refractivity contribution in [2.45, 2.75) is 11.7 Å². The number of benzene rings is 1. The molecule has 0 fully saturated rings. The number of aliphatic hydroxyl groups excluding tert-OH is 1. The second-order valence-corrected chi connectivity index (χ2v) is 4.89. The smallest absolute Gasteiger partial charge is 0.234 e. The van der Waals surface area contributed by atoms with E-state index in [0.717, 1.165) is 0 Å². The lowest BCUT2D eigenvalue weighted by Crippen LogP contribution is -2.15. The zero-order chi connectivity index (χ0) is 15.1. The van der Waals surface area contributed by atoms with Crippen LogP contribution < -0.4 is 10.1 Å². The fraction of sp³-hybridized carbons (Fsp3) is 0.333. The van der Waals surface area contributed by atoms with E-state index in [-0.39, 0.29) is 18.3 Å². The number of amides is 1. The summed E-state index contributed by atoms with van der Waals surface area (Å²) in [5.74, 6) is 0.563. The Balaban J connectivity index is 1.91. The van der Waals surface area contributed by atoms with Gasteiger partial charge >= 0.3 is 0 Å². The van der Waals surface area contributed by atoms with Crippen LogP contribution in [0.2, 0.25) is 0 Å². The molecule has 1 aromatic heterocycles. The molecule has 0 saturated heterocycles. The van der Waals surface area contributed by atoms with Crippen molar-refractivity contribution in [3.05, 3.63) is 24.3 Å². The molecule has 0 atom stereocenters. The highest BCUT2D eigenvalue weighted by Gasteiger charge is 2.11. The largest absolute Gasteiger partial charge is 0.495 e. The molecule has 21 heavy (non-hydrogen) atoms. The topological polar surface area (TPSA) is 102 Å². The van der Waals surface area contributed by atoms with E-state index in [2.05, 4.69) is 20.8 Å². The van der Waals surface area contributed by atoms with Crippen molar-refractivity contribution in [2.24, 2.45) is 0 Å². The van der Waals surface area contributed by atoms with Crippen molar-refractivity contribution in [2.75, 3.05) is 24.8 Å². The second-order valence-electron chi connectivity index (χ2n) is 3.95. The first-order valence-corrected chi connectivity index (χ1v) is 7.16. The normalized spacial score (nSPS) is 10.4. The lowest BCUT2D eigenvalue weighted by molar-refractivity contribution is -0.113. The molecule has 1 amide bonds. The minimum Gasteiger partial charge on any atom is -0.495 e. The maximum absolute atomic E-state index is 11.9. The van der Waals surface area contributed by atoms with Crippen molar-refractivity contribution in [3.63, 3.8) is 0 Å². The van der Waals surface area contributed by atoms with E-state index >= 15 is 0 Å². The standard InChI is InChI=1S/C12H15N5O3S/c1-20-10-5-3-2-4-9(10)13-11(19)8-21-12-14-15-16-17(12)6-7-18/h2-5,18H,6-8H2,1H3,(H,13,19). The summed E-state index contributed by atoms with van der Waals surface area (Å²) >= 11 is 1.20. The van der Waals surface area contributed by atoms with Crippen molar-refractivity contribution in [1.82, 2.24) is 20.2 Å². The fourth-order valence-electron chi connectivity index (χ4n) is 1.60. The second kappa shape index (κ2) is 7.60. The number of ether oxygens (including phenoxy) is 1. The summed E-state index contributed by atoms with van der Waals surface area (Å²) in [7, 11) is 1.54. The molecule has 1 heterocycles. The third-order valence-corrected chi connectivity index (χ3v) is 3.48. The lowest BCUT2D eigenvalue weighted by Gasteiger charge is -2.09. The summed E-state index contributed by atoms with van der Waals surface area (Å²) in [4.78, 5) is 11.9. The Labute approximate surface area is 125 Å².